The second kappa shape index (κ2) is 8.94. The third-order valence-corrected chi connectivity index (χ3v) is 4.37. The van der Waals surface area contributed by atoms with Crippen molar-refractivity contribution in [2.24, 2.45) is 0 Å². The van der Waals surface area contributed by atoms with Crippen molar-refractivity contribution in [1.82, 2.24) is 5.32 Å². The lowest BCUT2D eigenvalue weighted by Gasteiger charge is -2.15. The molecule has 0 atom stereocenters. The van der Waals surface area contributed by atoms with Crippen molar-refractivity contribution >= 4 is 29.3 Å². The van der Waals surface area contributed by atoms with E-state index in [0.29, 0.717) is 24.1 Å². The van der Waals surface area contributed by atoms with Gasteiger partial charge in [-0.25, -0.2) is 0 Å². The number of anilines is 1. The molecule has 0 bridgehead atoms. The molecule has 0 spiro atoms. The van der Waals surface area contributed by atoms with Crippen molar-refractivity contribution in [3.05, 3.63) is 65.7 Å². The maximum atomic E-state index is 12.2. The minimum atomic E-state index is -0.697. The third-order valence-electron chi connectivity index (χ3n) is 4.37. The first-order chi connectivity index (χ1) is 13.5. The SMILES string of the molecule is O=C(CNC(=O)c1ccccc1)OCC(=O)c1ccc(N2CCCC2=O)cc1. The second-order valence-corrected chi connectivity index (χ2v) is 6.33. The van der Waals surface area contributed by atoms with Crippen LogP contribution in [0.25, 0.3) is 0 Å². The Hall–Kier alpha value is -3.48. The summed E-state index contributed by atoms with van der Waals surface area (Å²) < 4.78 is 4.92. The van der Waals surface area contributed by atoms with Gasteiger partial charge in [-0.3, -0.25) is 19.2 Å². The zero-order chi connectivity index (χ0) is 19.9. The van der Waals surface area contributed by atoms with E-state index in [9.17, 15) is 19.2 Å². The minimum Gasteiger partial charge on any atom is -0.456 e. The zero-order valence-corrected chi connectivity index (χ0v) is 15.2. The molecule has 2 aromatic carbocycles. The van der Waals surface area contributed by atoms with Crippen molar-refractivity contribution in [3.8, 4) is 0 Å². The van der Waals surface area contributed by atoms with Crippen LogP contribution in [-0.2, 0) is 14.3 Å². The first-order valence-corrected chi connectivity index (χ1v) is 8.97. The molecule has 0 aliphatic carbocycles. The van der Waals surface area contributed by atoms with Gasteiger partial charge in [0.05, 0.1) is 0 Å². The summed E-state index contributed by atoms with van der Waals surface area (Å²) in [4.78, 5) is 49.2. The fourth-order valence-corrected chi connectivity index (χ4v) is 2.87. The van der Waals surface area contributed by atoms with E-state index in [1.54, 1.807) is 59.5 Å². The standard InChI is InChI=1S/C21H20N2O5/c24-18(15-8-10-17(11-9-15)23-12-4-7-19(23)25)14-28-20(26)13-22-21(27)16-5-2-1-3-6-16/h1-3,5-6,8-11H,4,7,12-14H2,(H,22,27). The molecule has 1 heterocycles. The molecule has 2 amide bonds. The summed E-state index contributed by atoms with van der Waals surface area (Å²) in [6.45, 7) is -0.0580. The van der Waals surface area contributed by atoms with Gasteiger partial charge >= 0.3 is 5.97 Å². The Morgan fingerprint density at radius 2 is 1.68 bits per heavy atom. The van der Waals surface area contributed by atoms with Crippen molar-refractivity contribution in [3.63, 3.8) is 0 Å². The Labute approximate surface area is 162 Å². The van der Waals surface area contributed by atoms with Gasteiger partial charge in [-0.2, -0.15) is 0 Å². The molecule has 1 N–H and O–H groups in total. The van der Waals surface area contributed by atoms with Crippen LogP contribution < -0.4 is 10.2 Å². The predicted octanol–water partition coefficient (Wildman–Crippen LogP) is 1.97. The van der Waals surface area contributed by atoms with E-state index in [1.165, 1.54) is 0 Å². The monoisotopic (exact) mass is 380 g/mol. The van der Waals surface area contributed by atoms with Gasteiger partial charge in [0.25, 0.3) is 5.91 Å². The highest BCUT2D eigenvalue weighted by atomic mass is 16.5. The molecule has 1 saturated heterocycles. The van der Waals surface area contributed by atoms with Crippen LogP contribution in [-0.4, -0.2) is 43.3 Å². The largest absolute Gasteiger partial charge is 0.456 e. The molecule has 0 radical (unpaired) electrons. The number of rotatable bonds is 7. The van der Waals surface area contributed by atoms with Gasteiger partial charge in [-0.15, -0.1) is 0 Å². The van der Waals surface area contributed by atoms with Gasteiger partial charge < -0.3 is 15.0 Å². The minimum absolute atomic E-state index is 0.0746. The van der Waals surface area contributed by atoms with Gasteiger partial charge in [0, 0.05) is 29.8 Å². The van der Waals surface area contributed by atoms with E-state index in [0.717, 1.165) is 12.1 Å². The van der Waals surface area contributed by atoms with E-state index in [1.807, 2.05) is 0 Å². The number of hydrogen-bond donors (Lipinski definition) is 1. The summed E-state index contributed by atoms with van der Waals surface area (Å²) >= 11 is 0. The number of carbonyl (C=O) groups excluding carboxylic acids is 4. The van der Waals surface area contributed by atoms with Gasteiger partial charge in [-0.1, -0.05) is 18.2 Å². The average molecular weight is 380 g/mol. The fourth-order valence-electron chi connectivity index (χ4n) is 2.87. The van der Waals surface area contributed by atoms with Gasteiger partial charge in [0.15, 0.2) is 12.4 Å². The number of benzene rings is 2. The molecule has 1 fully saturated rings. The molecule has 1 aliphatic rings. The highest BCUT2D eigenvalue weighted by molar-refractivity contribution is 6.00. The van der Waals surface area contributed by atoms with Crippen LogP contribution in [0.15, 0.2) is 54.6 Å². The number of nitrogens with one attached hydrogen (secondary N) is 1. The van der Waals surface area contributed by atoms with Crippen molar-refractivity contribution in [2.45, 2.75) is 12.8 Å². The molecule has 7 heteroatoms. The Kier molecular flexibility index (Phi) is 6.16. The molecule has 3 rings (SSSR count). The number of Topliss-reactive ketones (excluding diaryl/α,β-unsaturated/α-hetero) is 1. The number of carbonyl (C=O) groups is 4. The first kappa shape index (κ1) is 19.3. The molecule has 2 aromatic rings. The molecular weight excluding hydrogens is 360 g/mol. The number of ether oxygens (including phenoxy) is 1. The third kappa shape index (κ3) is 4.82. The van der Waals surface area contributed by atoms with Crippen molar-refractivity contribution in [1.29, 1.82) is 0 Å². The van der Waals surface area contributed by atoms with E-state index in [4.69, 9.17) is 4.74 Å². The first-order valence-electron chi connectivity index (χ1n) is 8.97. The molecule has 0 unspecified atom stereocenters. The molecule has 7 nitrogen and oxygen atoms in total. The van der Waals surface area contributed by atoms with Crippen LogP contribution >= 0.6 is 0 Å². The lowest BCUT2D eigenvalue weighted by atomic mass is 10.1. The van der Waals surface area contributed by atoms with E-state index < -0.39 is 18.5 Å². The predicted molar refractivity (Wildman–Crippen MR) is 102 cm³/mol. The Balaban J connectivity index is 1.45. The van der Waals surface area contributed by atoms with Crippen LogP contribution in [0.5, 0.6) is 0 Å². The van der Waals surface area contributed by atoms with E-state index in [2.05, 4.69) is 5.32 Å². The fraction of sp³-hybridized carbons (Fsp3) is 0.238. The highest BCUT2D eigenvalue weighted by Crippen LogP contribution is 2.21. The molecule has 0 aromatic heterocycles. The molecule has 0 saturated carbocycles. The summed E-state index contributed by atoms with van der Waals surface area (Å²) in [6.07, 6.45) is 1.37. The van der Waals surface area contributed by atoms with Crippen molar-refractivity contribution in [2.75, 3.05) is 24.6 Å². The average Bonchev–Trinajstić information content (AvgIpc) is 3.16. The Morgan fingerprint density at radius 3 is 2.32 bits per heavy atom. The number of ketones is 1. The maximum Gasteiger partial charge on any atom is 0.325 e. The van der Waals surface area contributed by atoms with Crippen LogP contribution in [0.2, 0.25) is 0 Å². The molecule has 144 valence electrons. The summed E-state index contributed by atoms with van der Waals surface area (Å²) in [5.41, 5.74) is 1.57. The molecule has 28 heavy (non-hydrogen) atoms. The number of hydrogen-bond acceptors (Lipinski definition) is 5. The quantitative estimate of drug-likeness (QED) is 0.586. The van der Waals surface area contributed by atoms with Gasteiger partial charge in [0.2, 0.25) is 5.91 Å². The number of amides is 2. The molecule has 1 aliphatic heterocycles. The number of nitrogens with zero attached hydrogens (tertiary/aromatic N) is 1. The number of esters is 1. The smallest absolute Gasteiger partial charge is 0.325 e. The lowest BCUT2D eigenvalue weighted by molar-refractivity contribution is -0.141. The summed E-state index contributed by atoms with van der Waals surface area (Å²) in [5.74, 6) is -1.37. The van der Waals surface area contributed by atoms with Crippen molar-refractivity contribution < 1.29 is 23.9 Å². The normalized spacial score (nSPS) is 13.3. The molecular formula is C21H20N2O5. The topological polar surface area (TPSA) is 92.8 Å². The second-order valence-electron chi connectivity index (χ2n) is 6.33. The zero-order valence-electron chi connectivity index (χ0n) is 15.2. The maximum absolute atomic E-state index is 12.2. The van der Waals surface area contributed by atoms with Crippen LogP contribution in [0.4, 0.5) is 5.69 Å². The van der Waals surface area contributed by atoms with Gasteiger partial charge in [-0.05, 0) is 42.8 Å². The van der Waals surface area contributed by atoms with Gasteiger partial charge in [0.1, 0.15) is 6.54 Å². The van der Waals surface area contributed by atoms with E-state index in [-0.39, 0.29) is 18.2 Å². The Bertz CT molecular complexity index is 877. The summed E-state index contributed by atoms with van der Waals surface area (Å²) in [6, 6.07) is 15.1. The van der Waals surface area contributed by atoms with E-state index >= 15 is 0 Å². The van der Waals surface area contributed by atoms with Crippen LogP contribution in [0, 0.1) is 0 Å². The van der Waals surface area contributed by atoms with Crippen LogP contribution in [0.3, 0.4) is 0 Å². The summed E-state index contributed by atoms with van der Waals surface area (Å²) in [7, 11) is 0. The summed E-state index contributed by atoms with van der Waals surface area (Å²) in [5, 5.41) is 2.44. The highest BCUT2D eigenvalue weighted by Gasteiger charge is 2.21. The lowest BCUT2D eigenvalue weighted by Crippen LogP contribution is -2.31. The van der Waals surface area contributed by atoms with Crippen LogP contribution in [0.1, 0.15) is 33.6 Å². The Morgan fingerprint density at radius 1 is 0.964 bits per heavy atom.